The minimum atomic E-state index is -3.40. The molecule has 1 heterocycles. The van der Waals surface area contributed by atoms with E-state index in [2.05, 4.69) is 0 Å². The first-order chi connectivity index (χ1) is 6.65. The molecule has 90 valence electrons. The first kappa shape index (κ1) is 12.8. The second-order valence-corrected chi connectivity index (χ2v) is 7.25. The van der Waals surface area contributed by atoms with Gasteiger partial charge in [-0.15, -0.1) is 0 Å². The van der Waals surface area contributed by atoms with Crippen molar-refractivity contribution in [3.8, 4) is 0 Å². The molecule has 1 aliphatic heterocycles. The predicted octanol–water partition coefficient (Wildman–Crippen LogP) is 1.18. The molecule has 1 aliphatic rings. The summed E-state index contributed by atoms with van der Waals surface area (Å²) in [6.45, 7) is 2.63. The Morgan fingerprint density at radius 3 is 2.33 bits per heavy atom. The molecule has 0 aromatic rings. The molecule has 0 radical (unpaired) electrons. The Kier molecular flexibility index (Phi) is 3.13. The Labute approximate surface area is 88.9 Å². The van der Waals surface area contributed by atoms with Gasteiger partial charge in [-0.3, -0.25) is 0 Å². The Morgan fingerprint density at radius 2 is 2.00 bits per heavy atom. The van der Waals surface area contributed by atoms with Crippen LogP contribution in [0.25, 0.3) is 0 Å². The molecule has 0 saturated carbocycles. The van der Waals surface area contributed by atoms with E-state index in [1.165, 1.54) is 13.8 Å². The summed E-state index contributed by atoms with van der Waals surface area (Å²) in [7, 11) is -3.40. The largest absolute Gasteiger partial charge is 0.330 e. The van der Waals surface area contributed by atoms with Crippen LogP contribution in [0.1, 0.15) is 26.7 Å². The maximum absolute atomic E-state index is 13.6. The fourth-order valence-electron chi connectivity index (χ4n) is 2.19. The molecule has 0 bridgehead atoms. The van der Waals surface area contributed by atoms with E-state index in [4.69, 9.17) is 5.73 Å². The molecule has 1 saturated heterocycles. The number of sulfone groups is 1. The summed E-state index contributed by atoms with van der Waals surface area (Å²) in [4.78, 5) is 0. The van der Waals surface area contributed by atoms with Crippen LogP contribution in [0.3, 0.4) is 0 Å². The number of hydrogen-bond acceptors (Lipinski definition) is 3. The van der Waals surface area contributed by atoms with Crippen molar-refractivity contribution in [3.05, 3.63) is 0 Å². The number of halogens is 2. The monoisotopic (exact) mass is 241 g/mol. The Bertz CT molecular complexity index is 338. The molecule has 3 nitrogen and oxygen atoms in total. The molecular formula is C9H17F2NO2S. The minimum absolute atomic E-state index is 0.0301. The predicted molar refractivity (Wildman–Crippen MR) is 54.6 cm³/mol. The molecule has 0 aliphatic carbocycles. The third kappa shape index (κ3) is 2.01. The molecule has 0 aromatic heterocycles. The average molecular weight is 241 g/mol. The van der Waals surface area contributed by atoms with Gasteiger partial charge in [0.15, 0.2) is 9.84 Å². The van der Waals surface area contributed by atoms with Gasteiger partial charge in [0.1, 0.15) is 0 Å². The normalized spacial score (nSPS) is 29.3. The highest BCUT2D eigenvalue weighted by molar-refractivity contribution is 7.93. The fraction of sp³-hybridized carbons (Fsp3) is 1.00. The van der Waals surface area contributed by atoms with E-state index >= 15 is 0 Å². The van der Waals surface area contributed by atoms with Gasteiger partial charge in [0.25, 0.3) is 5.92 Å². The van der Waals surface area contributed by atoms with Gasteiger partial charge in [-0.25, -0.2) is 17.2 Å². The summed E-state index contributed by atoms with van der Waals surface area (Å²) < 4.78 is 49.1. The lowest BCUT2D eigenvalue weighted by molar-refractivity contribution is -0.0717. The quantitative estimate of drug-likeness (QED) is 0.807. The van der Waals surface area contributed by atoms with Crippen molar-refractivity contribution in [3.63, 3.8) is 0 Å². The first-order valence-corrected chi connectivity index (χ1v) is 6.60. The van der Waals surface area contributed by atoms with Crippen LogP contribution in [0.15, 0.2) is 0 Å². The van der Waals surface area contributed by atoms with Crippen LogP contribution in [0, 0.1) is 5.92 Å². The van der Waals surface area contributed by atoms with E-state index in [0.717, 1.165) is 0 Å². The Hall–Kier alpha value is -0.230. The zero-order valence-electron chi connectivity index (χ0n) is 8.96. The lowest BCUT2D eigenvalue weighted by Gasteiger charge is -2.32. The average Bonchev–Trinajstić information content (AvgIpc) is 2.22. The van der Waals surface area contributed by atoms with E-state index in [-0.39, 0.29) is 18.7 Å². The number of alkyl halides is 2. The summed E-state index contributed by atoms with van der Waals surface area (Å²) in [5, 5.41) is 0. The van der Waals surface area contributed by atoms with E-state index in [1.807, 2.05) is 0 Å². The SMILES string of the molecule is CC1(C)C(C(F)(F)CCN)CCS1(=O)=O. The van der Waals surface area contributed by atoms with Gasteiger partial charge in [0, 0.05) is 12.3 Å². The highest BCUT2D eigenvalue weighted by Crippen LogP contribution is 2.46. The third-order valence-corrected chi connectivity index (χ3v) is 5.96. The van der Waals surface area contributed by atoms with Gasteiger partial charge in [-0.1, -0.05) is 0 Å². The van der Waals surface area contributed by atoms with Crippen LogP contribution in [0.4, 0.5) is 8.78 Å². The van der Waals surface area contributed by atoms with Crippen molar-refractivity contribution in [1.29, 1.82) is 0 Å². The maximum Gasteiger partial charge on any atom is 0.253 e. The molecule has 1 unspecified atom stereocenters. The zero-order chi connectivity index (χ0) is 11.9. The summed E-state index contributed by atoms with van der Waals surface area (Å²) in [5.41, 5.74) is 5.11. The summed E-state index contributed by atoms with van der Waals surface area (Å²) in [6, 6.07) is 0. The number of nitrogens with two attached hydrogens (primary N) is 1. The van der Waals surface area contributed by atoms with Crippen molar-refractivity contribution in [2.75, 3.05) is 12.3 Å². The molecule has 1 fully saturated rings. The summed E-state index contributed by atoms with van der Waals surface area (Å²) in [6.07, 6.45) is -0.418. The van der Waals surface area contributed by atoms with Gasteiger partial charge >= 0.3 is 0 Å². The summed E-state index contributed by atoms with van der Waals surface area (Å²) in [5.74, 6) is -4.24. The van der Waals surface area contributed by atoms with Gasteiger partial charge in [-0.2, -0.15) is 0 Å². The minimum Gasteiger partial charge on any atom is -0.330 e. The van der Waals surface area contributed by atoms with Crippen molar-refractivity contribution in [1.82, 2.24) is 0 Å². The zero-order valence-corrected chi connectivity index (χ0v) is 9.78. The van der Waals surface area contributed by atoms with Gasteiger partial charge < -0.3 is 5.73 Å². The van der Waals surface area contributed by atoms with E-state index in [0.29, 0.717) is 0 Å². The van der Waals surface area contributed by atoms with Gasteiger partial charge in [0.05, 0.1) is 10.5 Å². The summed E-state index contributed by atoms with van der Waals surface area (Å²) >= 11 is 0. The molecule has 0 aromatic carbocycles. The standard InChI is InChI=1S/C9H17F2NO2S/c1-8(2)7(3-6-15(8,13)14)9(10,11)4-5-12/h7H,3-6,12H2,1-2H3. The molecule has 2 N–H and O–H groups in total. The Morgan fingerprint density at radius 1 is 1.47 bits per heavy atom. The van der Waals surface area contributed by atoms with Crippen LogP contribution < -0.4 is 5.73 Å². The molecular weight excluding hydrogens is 224 g/mol. The third-order valence-electron chi connectivity index (χ3n) is 3.30. The second kappa shape index (κ2) is 3.66. The van der Waals surface area contributed by atoms with Gasteiger partial charge in [0.2, 0.25) is 0 Å². The van der Waals surface area contributed by atoms with E-state index < -0.39 is 32.8 Å². The molecule has 1 rings (SSSR count). The highest BCUT2D eigenvalue weighted by Gasteiger charge is 2.57. The fourth-order valence-corrected chi connectivity index (χ4v) is 3.98. The first-order valence-electron chi connectivity index (χ1n) is 4.95. The highest BCUT2D eigenvalue weighted by atomic mass is 32.2. The van der Waals surface area contributed by atoms with Gasteiger partial charge in [-0.05, 0) is 26.8 Å². The van der Waals surface area contributed by atoms with Crippen LogP contribution in [0.2, 0.25) is 0 Å². The smallest absolute Gasteiger partial charge is 0.253 e. The molecule has 15 heavy (non-hydrogen) atoms. The van der Waals surface area contributed by atoms with E-state index in [9.17, 15) is 17.2 Å². The molecule has 0 spiro atoms. The van der Waals surface area contributed by atoms with Crippen molar-refractivity contribution >= 4 is 9.84 Å². The van der Waals surface area contributed by atoms with E-state index in [1.54, 1.807) is 0 Å². The lowest BCUT2D eigenvalue weighted by Crippen LogP contribution is -2.44. The molecule has 1 atom stereocenters. The number of hydrogen-bond donors (Lipinski definition) is 1. The van der Waals surface area contributed by atoms with Crippen LogP contribution in [-0.2, 0) is 9.84 Å². The number of rotatable bonds is 3. The van der Waals surface area contributed by atoms with Crippen molar-refractivity contribution < 1.29 is 17.2 Å². The topological polar surface area (TPSA) is 60.2 Å². The maximum atomic E-state index is 13.6. The second-order valence-electron chi connectivity index (χ2n) is 4.56. The Balaban J connectivity index is 3.01. The van der Waals surface area contributed by atoms with Crippen molar-refractivity contribution in [2.24, 2.45) is 11.7 Å². The lowest BCUT2D eigenvalue weighted by atomic mass is 9.85. The van der Waals surface area contributed by atoms with Crippen LogP contribution in [-0.4, -0.2) is 31.4 Å². The van der Waals surface area contributed by atoms with Crippen LogP contribution >= 0.6 is 0 Å². The van der Waals surface area contributed by atoms with Crippen molar-refractivity contribution in [2.45, 2.75) is 37.4 Å². The van der Waals surface area contributed by atoms with Crippen LogP contribution in [0.5, 0.6) is 0 Å². The molecule has 0 amide bonds. The molecule has 6 heteroatoms.